The highest BCUT2D eigenvalue weighted by molar-refractivity contribution is 7.80. The Hall–Kier alpha value is -0.720. The molecule has 21 heavy (non-hydrogen) atoms. The molecule has 0 aliphatic heterocycles. The Kier molecular flexibility index (Phi) is 8.14. The molecule has 3 N–H and O–H groups in total. The molecular weight excluding hydrogens is 286 g/mol. The molecule has 6 heteroatoms. The van der Waals surface area contributed by atoms with Crippen LogP contribution in [-0.2, 0) is 9.53 Å². The maximum absolute atomic E-state index is 12.5. The lowest BCUT2D eigenvalue weighted by Gasteiger charge is -2.30. The minimum absolute atomic E-state index is 0.0203. The number of ether oxygens (including phenoxy) is 1. The van der Waals surface area contributed by atoms with E-state index in [0.29, 0.717) is 24.7 Å². The number of hydrogen-bond acceptors (Lipinski definition) is 4. The third kappa shape index (κ3) is 5.88. The van der Waals surface area contributed by atoms with E-state index < -0.39 is 5.41 Å². The van der Waals surface area contributed by atoms with Gasteiger partial charge in [-0.25, -0.2) is 0 Å². The van der Waals surface area contributed by atoms with Gasteiger partial charge in [0.25, 0.3) is 0 Å². The fourth-order valence-electron chi connectivity index (χ4n) is 2.67. The van der Waals surface area contributed by atoms with Crippen LogP contribution in [0.1, 0.15) is 38.5 Å². The molecule has 0 unspecified atom stereocenters. The van der Waals surface area contributed by atoms with Crippen molar-refractivity contribution in [2.24, 2.45) is 11.1 Å². The zero-order chi connectivity index (χ0) is 15.7. The van der Waals surface area contributed by atoms with Crippen LogP contribution in [-0.4, -0.2) is 56.2 Å². The Morgan fingerprint density at radius 3 is 2.38 bits per heavy atom. The van der Waals surface area contributed by atoms with Gasteiger partial charge in [-0.15, -0.1) is 0 Å². The van der Waals surface area contributed by atoms with Crippen LogP contribution in [0.25, 0.3) is 0 Å². The number of thiocarbonyl (C=S) groups is 1. The highest BCUT2D eigenvalue weighted by atomic mass is 32.1. The fourth-order valence-corrected chi connectivity index (χ4v) is 2.97. The Morgan fingerprint density at radius 2 is 1.86 bits per heavy atom. The molecule has 0 aromatic heterocycles. The van der Waals surface area contributed by atoms with Crippen LogP contribution in [0.4, 0.5) is 0 Å². The molecule has 0 saturated heterocycles. The Bertz CT molecular complexity index is 340. The van der Waals surface area contributed by atoms with Crippen LogP contribution in [0.3, 0.4) is 0 Å². The summed E-state index contributed by atoms with van der Waals surface area (Å²) >= 11 is 5.19. The van der Waals surface area contributed by atoms with Gasteiger partial charge in [0.2, 0.25) is 5.91 Å². The van der Waals surface area contributed by atoms with Gasteiger partial charge in [-0.1, -0.05) is 37.9 Å². The van der Waals surface area contributed by atoms with Crippen molar-refractivity contribution >= 4 is 23.1 Å². The van der Waals surface area contributed by atoms with Crippen molar-refractivity contribution < 1.29 is 9.53 Å². The number of likely N-dealkylation sites (N-methyl/N-ethyl adjacent to an activating group) is 1. The minimum Gasteiger partial charge on any atom is -0.392 e. The summed E-state index contributed by atoms with van der Waals surface area (Å²) in [5.41, 5.74) is 5.25. The summed E-state index contributed by atoms with van der Waals surface area (Å²) in [6, 6.07) is 0. The van der Waals surface area contributed by atoms with E-state index in [1.807, 2.05) is 14.1 Å². The molecule has 1 amide bonds. The van der Waals surface area contributed by atoms with Crippen LogP contribution >= 0.6 is 12.2 Å². The molecule has 1 fully saturated rings. The fraction of sp³-hybridized carbons (Fsp3) is 0.867. The van der Waals surface area contributed by atoms with Crippen molar-refractivity contribution in [1.82, 2.24) is 10.2 Å². The second-order valence-electron chi connectivity index (χ2n) is 6.03. The number of carbonyl (C=O) groups excluding carboxylic acids is 1. The molecule has 122 valence electrons. The van der Waals surface area contributed by atoms with Crippen molar-refractivity contribution in [3.8, 4) is 0 Å². The van der Waals surface area contributed by atoms with E-state index in [-0.39, 0.29) is 5.91 Å². The largest absolute Gasteiger partial charge is 0.392 e. The van der Waals surface area contributed by atoms with Crippen molar-refractivity contribution in [3.05, 3.63) is 0 Å². The van der Waals surface area contributed by atoms with Crippen molar-refractivity contribution in [2.75, 3.05) is 40.4 Å². The number of hydrogen-bond donors (Lipinski definition) is 2. The minimum atomic E-state index is -0.643. The van der Waals surface area contributed by atoms with E-state index in [9.17, 15) is 4.79 Å². The molecule has 5 nitrogen and oxygen atoms in total. The molecule has 1 rings (SSSR count). The van der Waals surface area contributed by atoms with Gasteiger partial charge in [0, 0.05) is 13.1 Å². The van der Waals surface area contributed by atoms with E-state index in [1.54, 1.807) is 0 Å². The summed E-state index contributed by atoms with van der Waals surface area (Å²) in [5.74, 6) is -0.0203. The van der Waals surface area contributed by atoms with Gasteiger partial charge >= 0.3 is 0 Å². The van der Waals surface area contributed by atoms with Crippen molar-refractivity contribution in [2.45, 2.75) is 38.5 Å². The first-order chi connectivity index (χ1) is 9.99. The normalized spacial score (nSPS) is 18.2. The van der Waals surface area contributed by atoms with Gasteiger partial charge in [0.15, 0.2) is 0 Å². The van der Waals surface area contributed by atoms with E-state index in [4.69, 9.17) is 22.7 Å². The smallest absolute Gasteiger partial charge is 0.233 e. The van der Waals surface area contributed by atoms with Gasteiger partial charge in [-0.3, -0.25) is 4.79 Å². The van der Waals surface area contributed by atoms with Gasteiger partial charge in [0.1, 0.15) is 0 Å². The highest BCUT2D eigenvalue weighted by Crippen LogP contribution is 2.35. The quantitative estimate of drug-likeness (QED) is 0.401. The van der Waals surface area contributed by atoms with Crippen LogP contribution in [0, 0.1) is 5.41 Å². The molecule has 0 radical (unpaired) electrons. The average molecular weight is 315 g/mol. The molecule has 1 aliphatic carbocycles. The number of carbonyl (C=O) groups is 1. The van der Waals surface area contributed by atoms with Gasteiger partial charge in [0.05, 0.1) is 23.6 Å². The maximum Gasteiger partial charge on any atom is 0.233 e. The first-order valence-corrected chi connectivity index (χ1v) is 8.20. The summed E-state index contributed by atoms with van der Waals surface area (Å²) in [6.45, 7) is 2.58. The summed E-state index contributed by atoms with van der Waals surface area (Å²) in [4.78, 5) is 14.9. The topological polar surface area (TPSA) is 67.6 Å². The van der Waals surface area contributed by atoms with E-state index in [1.165, 1.54) is 0 Å². The lowest BCUT2D eigenvalue weighted by atomic mass is 9.79. The lowest BCUT2D eigenvalue weighted by Crippen LogP contribution is -2.49. The van der Waals surface area contributed by atoms with Crippen LogP contribution in [0.15, 0.2) is 0 Å². The molecule has 0 heterocycles. The molecule has 0 aromatic rings. The number of nitrogens with one attached hydrogen (secondary N) is 1. The van der Waals surface area contributed by atoms with Gasteiger partial charge in [-0.2, -0.15) is 0 Å². The zero-order valence-electron chi connectivity index (χ0n) is 13.3. The predicted octanol–water partition coefficient (Wildman–Crippen LogP) is 1.31. The van der Waals surface area contributed by atoms with Gasteiger partial charge < -0.3 is 20.7 Å². The molecule has 0 atom stereocenters. The highest BCUT2D eigenvalue weighted by Gasteiger charge is 2.41. The van der Waals surface area contributed by atoms with Crippen molar-refractivity contribution in [3.63, 3.8) is 0 Å². The summed E-state index contributed by atoms with van der Waals surface area (Å²) in [5, 5.41) is 2.95. The zero-order valence-corrected chi connectivity index (χ0v) is 14.1. The standard InChI is InChI=1S/C15H29N3O2S/c1-18(2)10-12-20-11-9-17-14(19)15(13(16)21)7-5-3-4-6-8-15/h3-12H2,1-2H3,(H2,16,21)(H,17,19). The number of nitrogens with zero attached hydrogens (tertiary/aromatic N) is 1. The Balaban J connectivity index is 2.38. The number of nitrogens with two attached hydrogens (primary N) is 1. The molecule has 0 bridgehead atoms. The van der Waals surface area contributed by atoms with Crippen LogP contribution in [0.5, 0.6) is 0 Å². The third-order valence-corrected chi connectivity index (χ3v) is 4.47. The first-order valence-electron chi connectivity index (χ1n) is 7.80. The first kappa shape index (κ1) is 18.3. The molecule has 1 aliphatic rings. The SMILES string of the molecule is CN(C)CCOCCNC(=O)C1(C(N)=S)CCCCCC1. The van der Waals surface area contributed by atoms with E-state index >= 15 is 0 Å². The molecule has 0 spiro atoms. The van der Waals surface area contributed by atoms with Gasteiger partial charge in [-0.05, 0) is 26.9 Å². The summed E-state index contributed by atoms with van der Waals surface area (Å²) < 4.78 is 5.48. The van der Waals surface area contributed by atoms with E-state index in [2.05, 4.69) is 10.2 Å². The van der Waals surface area contributed by atoms with Crippen molar-refractivity contribution in [1.29, 1.82) is 0 Å². The summed E-state index contributed by atoms with van der Waals surface area (Å²) in [6.07, 6.45) is 5.90. The second kappa shape index (κ2) is 9.33. The number of rotatable bonds is 8. The lowest BCUT2D eigenvalue weighted by molar-refractivity contribution is -0.128. The molecule has 1 saturated carbocycles. The second-order valence-corrected chi connectivity index (χ2v) is 6.47. The Labute approximate surface area is 133 Å². The van der Waals surface area contributed by atoms with Crippen LogP contribution in [0.2, 0.25) is 0 Å². The van der Waals surface area contributed by atoms with E-state index in [0.717, 1.165) is 45.1 Å². The monoisotopic (exact) mass is 315 g/mol. The van der Waals surface area contributed by atoms with Crippen LogP contribution < -0.4 is 11.1 Å². The third-order valence-electron chi connectivity index (χ3n) is 4.08. The Morgan fingerprint density at radius 1 is 1.24 bits per heavy atom. The molecular formula is C15H29N3O2S. The number of amides is 1. The maximum atomic E-state index is 12.5. The summed E-state index contributed by atoms with van der Waals surface area (Å²) in [7, 11) is 4.01. The average Bonchev–Trinajstić information content (AvgIpc) is 2.68. The molecule has 0 aromatic carbocycles. The predicted molar refractivity (Wildman–Crippen MR) is 89.3 cm³/mol.